The summed E-state index contributed by atoms with van der Waals surface area (Å²) in [6, 6.07) is 6.59. The molecule has 1 aliphatic rings. The van der Waals surface area contributed by atoms with E-state index in [4.69, 9.17) is 4.98 Å². The Hall–Kier alpha value is -2.51. The van der Waals surface area contributed by atoms with Crippen molar-refractivity contribution in [3.8, 4) is 0 Å². The van der Waals surface area contributed by atoms with Gasteiger partial charge in [0.05, 0.1) is 17.4 Å². The summed E-state index contributed by atoms with van der Waals surface area (Å²) in [7, 11) is 0. The molecule has 0 aromatic carbocycles. The Kier molecular flexibility index (Phi) is 5.16. The van der Waals surface area contributed by atoms with Gasteiger partial charge in [-0.05, 0) is 50.3 Å². The molecule has 0 saturated heterocycles. The lowest BCUT2D eigenvalue weighted by Gasteiger charge is -2.23. The number of aryl methyl sites for hydroxylation is 3. The van der Waals surface area contributed by atoms with Crippen LogP contribution in [0.1, 0.15) is 48.0 Å². The Morgan fingerprint density at radius 1 is 1.33 bits per heavy atom. The van der Waals surface area contributed by atoms with Gasteiger partial charge in [0.1, 0.15) is 10.5 Å². The molecule has 0 bridgehead atoms. The molecule has 1 unspecified atom stereocenters. The first-order valence-electron chi connectivity index (χ1n) is 10.8. The molecule has 4 aromatic heterocycles. The quantitative estimate of drug-likeness (QED) is 0.513. The maximum atomic E-state index is 13.0. The Balaban J connectivity index is 1.33. The number of nitrogens with one attached hydrogen (secondary N) is 1. The molecular formula is C23H27N5OS. The van der Waals surface area contributed by atoms with Gasteiger partial charge in [0.25, 0.3) is 5.56 Å². The summed E-state index contributed by atoms with van der Waals surface area (Å²) in [6.07, 6.45) is 8.86. The number of fused-ring (bicyclic) bond motifs is 4. The minimum absolute atomic E-state index is 0.137. The van der Waals surface area contributed by atoms with Gasteiger partial charge in [0.2, 0.25) is 0 Å². The van der Waals surface area contributed by atoms with E-state index in [0.29, 0.717) is 6.04 Å². The van der Waals surface area contributed by atoms with Crippen LogP contribution in [0.4, 0.5) is 0 Å². The number of unbranched alkanes of at least 4 members (excludes halogenated alkanes) is 1. The highest BCUT2D eigenvalue weighted by atomic mass is 32.1. The van der Waals surface area contributed by atoms with Gasteiger partial charge in [-0.3, -0.25) is 9.36 Å². The van der Waals surface area contributed by atoms with E-state index in [1.165, 1.54) is 16.1 Å². The Morgan fingerprint density at radius 2 is 2.23 bits per heavy atom. The van der Waals surface area contributed by atoms with Crippen molar-refractivity contribution in [3.05, 3.63) is 62.9 Å². The molecule has 0 spiro atoms. The molecule has 0 amide bonds. The van der Waals surface area contributed by atoms with E-state index in [9.17, 15) is 4.79 Å². The Bertz CT molecular complexity index is 1270. The third kappa shape index (κ3) is 3.46. The zero-order valence-electron chi connectivity index (χ0n) is 17.5. The van der Waals surface area contributed by atoms with E-state index in [2.05, 4.69) is 40.8 Å². The van der Waals surface area contributed by atoms with Gasteiger partial charge >= 0.3 is 0 Å². The summed E-state index contributed by atoms with van der Waals surface area (Å²) in [4.78, 5) is 24.5. The minimum Gasteiger partial charge on any atom is -0.308 e. The van der Waals surface area contributed by atoms with Crippen molar-refractivity contribution >= 4 is 27.2 Å². The summed E-state index contributed by atoms with van der Waals surface area (Å²) in [5.41, 5.74) is 4.62. The third-order valence-corrected chi connectivity index (χ3v) is 7.27. The summed E-state index contributed by atoms with van der Waals surface area (Å²) in [5.74, 6) is 0. The van der Waals surface area contributed by atoms with E-state index in [1.807, 2.05) is 12.1 Å². The van der Waals surface area contributed by atoms with Crippen molar-refractivity contribution in [2.45, 2.75) is 65.1 Å². The molecule has 156 valence electrons. The summed E-state index contributed by atoms with van der Waals surface area (Å²) < 4.78 is 3.92. The molecule has 1 aliphatic carbocycles. The van der Waals surface area contributed by atoms with Gasteiger partial charge in [-0.1, -0.05) is 19.4 Å². The number of nitrogens with zero attached hydrogens (tertiary/aromatic N) is 4. The fourth-order valence-corrected chi connectivity index (χ4v) is 5.65. The molecule has 5 rings (SSSR count). The van der Waals surface area contributed by atoms with Crippen molar-refractivity contribution in [2.24, 2.45) is 0 Å². The average Bonchev–Trinajstić information content (AvgIpc) is 3.33. The molecule has 1 N–H and O–H groups in total. The number of hydrogen-bond donors (Lipinski definition) is 1. The van der Waals surface area contributed by atoms with Gasteiger partial charge in [0, 0.05) is 35.9 Å². The molecular weight excluding hydrogens is 394 g/mol. The number of pyridine rings is 1. The molecule has 0 saturated carbocycles. The van der Waals surface area contributed by atoms with Crippen molar-refractivity contribution in [2.75, 3.05) is 0 Å². The lowest BCUT2D eigenvalue weighted by molar-refractivity contribution is 0.460. The van der Waals surface area contributed by atoms with E-state index < -0.39 is 0 Å². The van der Waals surface area contributed by atoms with Crippen molar-refractivity contribution < 1.29 is 0 Å². The summed E-state index contributed by atoms with van der Waals surface area (Å²) in [6.45, 7) is 5.75. The normalized spacial score (nSPS) is 16.4. The van der Waals surface area contributed by atoms with Crippen LogP contribution in [0, 0.1) is 6.92 Å². The van der Waals surface area contributed by atoms with Gasteiger partial charge in [0.15, 0.2) is 0 Å². The second-order valence-electron chi connectivity index (χ2n) is 8.23. The lowest BCUT2D eigenvalue weighted by Crippen LogP contribution is -2.34. The van der Waals surface area contributed by atoms with Crippen LogP contribution in [0.5, 0.6) is 0 Å². The molecule has 6 nitrogen and oxygen atoms in total. The van der Waals surface area contributed by atoms with E-state index in [0.717, 1.165) is 66.8 Å². The van der Waals surface area contributed by atoms with Crippen LogP contribution in [0.2, 0.25) is 0 Å². The van der Waals surface area contributed by atoms with Crippen LogP contribution in [-0.4, -0.2) is 25.0 Å². The third-order valence-electron chi connectivity index (χ3n) is 6.11. The molecule has 0 radical (unpaired) electrons. The zero-order chi connectivity index (χ0) is 20.7. The predicted molar refractivity (Wildman–Crippen MR) is 121 cm³/mol. The average molecular weight is 422 g/mol. The molecule has 30 heavy (non-hydrogen) atoms. The van der Waals surface area contributed by atoms with E-state index in [-0.39, 0.29) is 5.56 Å². The summed E-state index contributed by atoms with van der Waals surface area (Å²) >= 11 is 1.69. The molecule has 1 atom stereocenters. The van der Waals surface area contributed by atoms with Crippen LogP contribution in [0.3, 0.4) is 0 Å². The highest BCUT2D eigenvalue weighted by Gasteiger charge is 2.25. The highest BCUT2D eigenvalue weighted by molar-refractivity contribution is 7.18. The standard InChI is InChI=1S/C23H27N5OS/c1-3-4-10-27-14-25-22-21(23(27)29)18-9-8-16(11-19(18)30-22)24-12-17-13-28-15(2)6-5-7-20(28)26-17/h5-7,13-14,16,24H,3-4,8-12H2,1-2H3. The summed E-state index contributed by atoms with van der Waals surface area (Å²) in [5, 5.41) is 4.55. The second kappa shape index (κ2) is 7.96. The molecule has 0 aliphatic heterocycles. The van der Waals surface area contributed by atoms with Gasteiger partial charge in [-0.15, -0.1) is 11.3 Å². The fraction of sp³-hybridized carbons (Fsp3) is 0.435. The van der Waals surface area contributed by atoms with Crippen LogP contribution < -0.4 is 10.9 Å². The number of rotatable bonds is 6. The predicted octanol–water partition coefficient (Wildman–Crippen LogP) is 3.86. The molecule has 0 fully saturated rings. The maximum absolute atomic E-state index is 13.0. The van der Waals surface area contributed by atoms with Crippen molar-refractivity contribution in [1.82, 2.24) is 24.3 Å². The van der Waals surface area contributed by atoms with Gasteiger partial charge in [-0.2, -0.15) is 0 Å². The molecule has 4 aromatic rings. The second-order valence-corrected chi connectivity index (χ2v) is 9.31. The van der Waals surface area contributed by atoms with E-state index >= 15 is 0 Å². The number of aromatic nitrogens is 4. The number of thiophene rings is 1. The van der Waals surface area contributed by atoms with Crippen molar-refractivity contribution in [1.29, 1.82) is 0 Å². The van der Waals surface area contributed by atoms with Gasteiger partial charge < -0.3 is 9.72 Å². The highest BCUT2D eigenvalue weighted by Crippen LogP contribution is 2.33. The zero-order valence-corrected chi connectivity index (χ0v) is 18.3. The first-order chi connectivity index (χ1) is 14.6. The fourth-order valence-electron chi connectivity index (χ4n) is 4.40. The smallest absolute Gasteiger partial charge is 0.262 e. The lowest BCUT2D eigenvalue weighted by atomic mass is 9.93. The molecule has 7 heteroatoms. The molecule has 4 heterocycles. The van der Waals surface area contributed by atoms with Crippen LogP contribution in [0.25, 0.3) is 15.9 Å². The van der Waals surface area contributed by atoms with Crippen LogP contribution in [0.15, 0.2) is 35.5 Å². The van der Waals surface area contributed by atoms with Crippen molar-refractivity contribution in [3.63, 3.8) is 0 Å². The number of hydrogen-bond acceptors (Lipinski definition) is 5. The van der Waals surface area contributed by atoms with Crippen LogP contribution in [-0.2, 0) is 25.9 Å². The first-order valence-corrected chi connectivity index (χ1v) is 11.6. The maximum Gasteiger partial charge on any atom is 0.262 e. The van der Waals surface area contributed by atoms with Crippen LogP contribution >= 0.6 is 11.3 Å². The SMILES string of the molecule is CCCCn1cnc2sc3c(c2c1=O)CCC(NCc1cn2c(C)cccc2n1)C3. The first kappa shape index (κ1) is 19.5. The number of imidazole rings is 1. The topological polar surface area (TPSA) is 64.2 Å². The monoisotopic (exact) mass is 421 g/mol. The van der Waals surface area contributed by atoms with E-state index in [1.54, 1.807) is 22.2 Å². The minimum atomic E-state index is 0.137. The largest absolute Gasteiger partial charge is 0.308 e. The Morgan fingerprint density at radius 3 is 3.07 bits per heavy atom. The van der Waals surface area contributed by atoms with Gasteiger partial charge in [-0.25, -0.2) is 9.97 Å². The Labute approximate surface area is 179 Å².